The SMILES string of the molecule is CC(Br)C(C)C1CCC1. The molecule has 0 saturated heterocycles. The van der Waals surface area contributed by atoms with Gasteiger partial charge in [-0.25, -0.2) is 0 Å². The molecule has 0 amide bonds. The molecular weight excluding hydrogens is 176 g/mol. The average Bonchev–Trinajstić information content (AvgIpc) is 1.60. The fourth-order valence-corrected chi connectivity index (χ4v) is 1.77. The third-order valence-corrected chi connectivity index (χ3v) is 3.45. The zero-order valence-electron chi connectivity index (χ0n) is 6.23. The van der Waals surface area contributed by atoms with Crippen molar-refractivity contribution >= 4 is 15.9 Å². The topological polar surface area (TPSA) is 0 Å². The summed E-state index contributed by atoms with van der Waals surface area (Å²) in [4.78, 5) is 0.711. The quantitative estimate of drug-likeness (QED) is 0.588. The van der Waals surface area contributed by atoms with Crippen LogP contribution in [0.15, 0.2) is 0 Å². The predicted molar refractivity (Wildman–Crippen MR) is 44.9 cm³/mol. The Bertz CT molecular complexity index is 84.6. The Balaban J connectivity index is 2.23. The van der Waals surface area contributed by atoms with Crippen LogP contribution < -0.4 is 0 Å². The number of hydrogen-bond donors (Lipinski definition) is 0. The third kappa shape index (κ3) is 1.70. The molecule has 2 unspecified atom stereocenters. The Morgan fingerprint density at radius 2 is 1.89 bits per heavy atom. The maximum atomic E-state index is 3.62. The first-order valence-corrected chi connectivity index (χ1v) is 4.77. The van der Waals surface area contributed by atoms with Gasteiger partial charge < -0.3 is 0 Å². The molecule has 1 fully saturated rings. The molecule has 0 nitrogen and oxygen atoms in total. The van der Waals surface area contributed by atoms with E-state index in [1.807, 2.05) is 0 Å². The van der Waals surface area contributed by atoms with Crippen molar-refractivity contribution in [3.8, 4) is 0 Å². The van der Waals surface area contributed by atoms with Crippen LogP contribution in [0.4, 0.5) is 0 Å². The summed E-state index contributed by atoms with van der Waals surface area (Å²) in [6.07, 6.45) is 4.41. The predicted octanol–water partition coefficient (Wildman–Crippen LogP) is 3.21. The van der Waals surface area contributed by atoms with Crippen LogP contribution in [0.2, 0.25) is 0 Å². The molecule has 1 heteroatoms. The van der Waals surface area contributed by atoms with E-state index in [1.54, 1.807) is 0 Å². The van der Waals surface area contributed by atoms with Crippen molar-refractivity contribution in [3.63, 3.8) is 0 Å². The molecule has 0 bridgehead atoms. The van der Waals surface area contributed by atoms with Crippen molar-refractivity contribution < 1.29 is 0 Å². The van der Waals surface area contributed by atoms with Gasteiger partial charge in [0.05, 0.1) is 0 Å². The molecule has 0 radical (unpaired) electrons. The Morgan fingerprint density at radius 3 is 2.00 bits per heavy atom. The molecule has 1 saturated carbocycles. The van der Waals surface area contributed by atoms with Crippen LogP contribution in [-0.4, -0.2) is 4.83 Å². The normalized spacial score (nSPS) is 27.0. The second-order valence-corrected chi connectivity index (χ2v) is 4.67. The van der Waals surface area contributed by atoms with Crippen LogP contribution in [0.3, 0.4) is 0 Å². The maximum Gasteiger partial charge on any atom is 0.0145 e. The third-order valence-electron chi connectivity index (χ3n) is 2.62. The minimum absolute atomic E-state index is 0.711. The Kier molecular flexibility index (Phi) is 2.57. The molecule has 54 valence electrons. The van der Waals surface area contributed by atoms with E-state index in [-0.39, 0.29) is 0 Å². The first kappa shape index (κ1) is 7.59. The molecule has 9 heavy (non-hydrogen) atoms. The summed E-state index contributed by atoms with van der Waals surface area (Å²) < 4.78 is 0. The Morgan fingerprint density at radius 1 is 1.33 bits per heavy atom. The first-order valence-electron chi connectivity index (χ1n) is 3.86. The highest BCUT2D eigenvalue weighted by atomic mass is 79.9. The molecule has 1 aliphatic carbocycles. The van der Waals surface area contributed by atoms with Gasteiger partial charge in [0.1, 0.15) is 0 Å². The number of alkyl halides is 1. The molecule has 2 atom stereocenters. The lowest BCUT2D eigenvalue weighted by molar-refractivity contribution is 0.221. The van der Waals surface area contributed by atoms with E-state index in [4.69, 9.17) is 0 Å². The summed E-state index contributed by atoms with van der Waals surface area (Å²) in [5.74, 6) is 1.91. The van der Waals surface area contributed by atoms with Gasteiger partial charge >= 0.3 is 0 Å². The van der Waals surface area contributed by atoms with E-state index in [9.17, 15) is 0 Å². The van der Waals surface area contributed by atoms with E-state index in [2.05, 4.69) is 29.8 Å². The fraction of sp³-hybridized carbons (Fsp3) is 1.00. The number of rotatable bonds is 2. The van der Waals surface area contributed by atoms with E-state index in [1.165, 1.54) is 19.3 Å². The summed E-state index contributed by atoms with van der Waals surface area (Å²) in [6.45, 7) is 4.60. The second kappa shape index (κ2) is 3.05. The van der Waals surface area contributed by atoms with Gasteiger partial charge in [-0.2, -0.15) is 0 Å². The molecule has 1 rings (SSSR count). The van der Waals surface area contributed by atoms with E-state index in [0.29, 0.717) is 4.83 Å². The molecule has 0 aromatic rings. The van der Waals surface area contributed by atoms with Crippen LogP contribution in [0, 0.1) is 11.8 Å². The van der Waals surface area contributed by atoms with Crippen molar-refractivity contribution in [1.82, 2.24) is 0 Å². The smallest absolute Gasteiger partial charge is 0.0145 e. The van der Waals surface area contributed by atoms with Gasteiger partial charge in [-0.05, 0) is 11.8 Å². The number of hydrogen-bond acceptors (Lipinski definition) is 0. The molecule has 0 heterocycles. The summed E-state index contributed by atoms with van der Waals surface area (Å²) in [5.41, 5.74) is 0. The summed E-state index contributed by atoms with van der Waals surface area (Å²) in [6, 6.07) is 0. The summed E-state index contributed by atoms with van der Waals surface area (Å²) in [5, 5.41) is 0. The van der Waals surface area contributed by atoms with Crippen molar-refractivity contribution in [2.45, 2.75) is 37.9 Å². The lowest BCUT2D eigenvalue weighted by atomic mass is 9.76. The Hall–Kier alpha value is 0.480. The minimum Gasteiger partial charge on any atom is -0.0891 e. The highest BCUT2D eigenvalue weighted by Gasteiger charge is 2.26. The molecule has 1 aliphatic rings. The lowest BCUT2D eigenvalue weighted by Gasteiger charge is -2.32. The Labute approximate surface area is 66.2 Å². The van der Waals surface area contributed by atoms with Gasteiger partial charge in [0.2, 0.25) is 0 Å². The van der Waals surface area contributed by atoms with E-state index in [0.717, 1.165) is 11.8 Å². The molecule has 0 N–H and O–H groups in total. The van der Waals surface area contributed by atoms with Crippen LogP contribution in [0.5, 0.6) is 0 Å². The highest BCUT2D eigenvalue weighted by molar-refractivity contribution is 9.09. The molecule has 0 spiro atoms. The second-order valence-electron chi connectivity index (χ2n) is 3.23. The van der Waals surface area contributed by atoms with Crippen LogP contribution in [0.25, 0.3) is 0 Å². The minimum atomic E-state index is 0.711. The van der Waals surface area contributed by atoms with Crippen LogP contribution >= 0.6 is 15.9 Å². The molecule has 0 aromatic carbocycles. The number of halogens is 1. The fourth-order valence-electron chi connectivity index (χ4n) is 1.34. The zero-order valence-corrected chi connectivity index (χ0v) is 7.82. The molecule has 0 aliphatic heterocycles. The molecule has 0 aromatic heterocycles. The monoisotopic (exact) mass is 190 g/mol. The summed E-state index contributed by atoms with van der Waals surface area (Å²) >= 11 is 3.62. The van der Waals surface area contributed by atoms with Crippen molar-refractivity contribution in [1.29, 1.82) is 0 Å². The van der Waals surface area contributed by atoms with E-state index >= 15 is 0 Å². The van der Waals surface area contributed by atoms with Gasteiger partial charge in [-0.3, -0.25) is 0 Å². The van der Waals surface area contributed by atoms with Gasteiger partial charge in [-0.1, -0.05) is 49.0 Å². The summed E-state index contributed by atoms with van der Waals surface area (Å²) in [7, 11) is 0. The van der Waals surface area contributed by atoms with Crippen molar-refractivity contribution in [3.05, 3.63) is 0 Å². The van der Waals surface area contributed by atoms with Gasteiger partial charge in [0.25, 0.3) is 0 Å². The lowest BCUT2D eigenvalue weighted by Crippen LogP contribution is -2.24. The standard InChI is InChI=1S/C8H15Br/c1-6(7(2)9)8-4-3-5-8/h6-8H,3-5H2,1-2H3. The van der Waals surface area contributed by atoms with Crippen molar-refractivity contribution in [2.24, 2.45) is 11.8 Å². The maximum absolute atomic E-state index is 3.62. The van der Waals surface area contributed by atoms with Crippen LogP contribution in [-0.2, 0) is 0 Å². The van der Waals surface area contributed by atoms with Gasteiger partial charge in [0.15, 0.2) is 0 Å². The van der Waals surface area contributed by atoms with Gasteiger partial charge in [0, 0.05) is 4.83 Å². The van der Waals surface area contributed by atoms with E-state index < -0.39 is 0 Å². The van der Waals surface area contributed by atoms with Crippen LogP contribution in [0.1, 0.15) is 33.1 Å². The largest absolute Gasteiger partial charge is 0.0891 e. The highest BCUT2D eigenvalue weighted by Crippen LogP contribution is 2.36. The van der Waals surface area contributed by atoms with Crippen molar-refractivity contribution in [2.75, 3.05) is 0 Å². The molecular formula is C8H15Br. The van der Waals surface area contributed by atoms with Gasteiger partial charge in [-0.15, -0.1) is 0 Å². The average molecular weight is 191 g/mol. The first-order chi connectivity index (χ1) is 4.22. The zero-order chi connectivity index (χ0) is 6.85.